The first-order chi connectivity index (χ1) is 13.1. The highest BCUT2D eigenvalue weighted by molar-refractivity contribution is 7.89. The Hall–Kier alpha value is -1.89. The third-order valence-electron chi connectivity index (χ3n) is 5.75. The van der Waals surface area contributed by atoms with Gasteiger partial charge in [0.2, 0.25) is 10.0 Å². The predicted octanol–water partition coefficient (Wildman–Crippen LogP) is 3.44. The molecule has 0 bridgehead atoms. The number of nitrogens with zero attached hydrogens (tertiary/aromatic N) is 1. The molecule has 5 nitrogen and oxygen atoms in total. The van der Waals surface area contributed by atoms with E-state index in [9.17, 15) is 8.42 Å². The Morgan fingerprint density at radius 3 is 2.32 bits per heavy atom. The molecule has 6 heteroatoms. The van der Waals surface area contributed by atoms with E-state index in [0.29, 0.717) is 18.0 Å². The van der Waals surface area contributed by atoms with Crippen LogP contribution in [0.25, 0.3) is 0 Å². The summed E-state index contributed by atoms with van der Waals surface area (Å²) in [5.74, 6) is 0.934. The number of benzene rings is 2. The van der Waals surface area contributed by atoms with Gasteiger partial charge in [0.25, 0.3) is 0 Å². The minimum Gasteiger partial charge on any atom is -0.493 e. The van der Waals surface area contributed by atoms with E-state index >= 15 is 0 Å². The maximum absolute atomic E-state index is 13.2. The summed E-state index contributed by atoms with van der Waals surface area (Å²) in [7, 11) is 0.320. The van der Waals surface area contributed by atoms with E-state index in [2.05, 4.69) is 10.8 Å². The average Bonchev–Trinajstić information content (AvgIpc) is 3.07. The molecule has 0 saturated carbocycles. The smallest absolute Gasteiger partial charge is 0.241 e. The minimum atomic E-state index is -3.62. The Kier molecular flexibility index (Phi) is 5.84. The van der Waals surface area contributed by atoms with Crippen molar-refractivity contribution in [1.82, 2.24) is 9.62 Å². The van der Waals surface area contributed by atoms with Gasteiger partial charge in [-0.3, -0.25) is 0 Å². The van der Waals surface area contributed by atoms with Gasteiger partial charge in [-0.25, -0.2) is 13.1 Å². The van der Waals surface area contributed by atoms with Crippen LogP contribution in [0.2, 0.25) is 0 Å². The second-order valence-corrected chi connectivity index (χ2v) is 9.59. The third-order valence-corrected chi connectivity index (χ3v) is 7.45. The molecule has 1 heterocycles. The zero-order chi connectivity index (χ0) is 20.6. The van der Waals surface area contributed by atoms with E-state index < -0.39 is 10.0 Å². The maximum Gasteiger partial charge on any atom is 0.241 e. The molecule has 2 aromatic carbocycles. The topological polar surface area (TPSA) is 58.6 Å². The molecule has 0 saturated heterocycles. The largest absolute Gasteiger partial charge is 0.493 e. The summed E-state index contributed by atoms with van der Waals surface area (Å²) in [6.45, 7) is 8.68. The lowest BCUT2D eigenvalue weighted by Gasteiger charge is -2.26. The highest BCUT2D eigenvalue weighted by atomic mass is 32.2. The molecule has 1 atom stereocenters. The number of rotatable bonds is 6. The van der Waals surface area contributed by atoms with E-state index in [1.807, 2.05) is 64.9 Å². The van der Waals surface area contributed by atoms with Gasteiger partial charge in [-0.15, -0.1) is 0 Å². The van der Waals surface area contributed by atoms with Crippen molar-refractivity contribution in [2.45, 2.75) is 45.1 Å². The zero-order valence-corrected chi connectivity index (χ0v) is 18.4. The van der Waals surface area contributed by atoms with Crippen molar-refractivity contribution in [3.05, 3.63) is 57.6 Å². The molecule has 3 rings (SSSR count). The molecule has 0 fully saturated rings. The van der Waals surface area contributed by atoms with Crippen molar-refractivity contribution in [2.24, 2.45) is 0 Å². The Bertz CT molecular complexity index is 971. The molecule has 152 valence electrons. The second-order valence-electron chi connectivity index (χ2n) is 7.89. The molecule has 1 aliphatic heterocycles. The normalized spacial score (nSPS) is 14.8. The van der Waals surface area contributed by atoms with Gasteiger partial charge in [0.1, 0.15) is 5.75 Å². The minimum absolute atomic E-state index is 0.0628. The number of nitrogens with one attached hydrogen (secondary N) is 1. The first-order valence-electron chi connectivity index (χ1n) is 9.61. The Balaban J connectivity index is 1.88. The fourth-order valence-electron chi connectivity index (χ4n) is 3.86. The summed E-state index contributed by atoms with van der Waals surface area (Å²) in [5.41, 5.74) is 5.88. The van der Waals surface area contributed by atoms with Gasteiger partial charge in [-0.05, 0) is 81.2 Å². The molecule has 0 radical (unpaired) electrons. The quantitative estimate of drug-likeness (QED) is 0.804. The number of hydrogen-bond acceptors (Lipinski definition) is 4. The van der Waals surface area contributed by atoms with Gasteiger partial charge in [0, 0.05) is 19.0 Å². The van der Waals surface area contributed by atoms with E-state index in [0.717, 1.165) is 40.0 Å². The van der Waals surface area contributed by atoms with Crippen molar-refractivity contribution in [3.63, 3.8) is 0 Å². The molecule has 28 heavy (non-hydrogen) atoms. The number of ether oxygens (including phenoxy) is 1. The number of likely N-dealkylation sites (N-methyl/N-ethyl adjacent to an activating group) is 1. The van der Waals surface area contributed by atoms with Gasteiger partial charge >= 0.3 is 0 Å². The second kappa shape index (κ2) is 7.85. The number of hydrogen-bond donors (Lipinski definition) is 1. The standard InChI is InChI=1S/C22H30N2O3S/c1-14-11-15(2)17(4)22(16(14)3)28(25,26)23-13-20(24(5)6)18-7-8-21-19(12-18)9-10-27-21/h7-8,11-12,20,23H,9-10,13H2,1-6H3. The van der Waals surface area contributed by atoms with E-state index in [1.54, 1.807) is 0 Å². The van der Waals surface area contributed by atoms with Gasteiger partial charge in [-0.1, -0.05) is 18.2 Å². The van der Waals surface area contributed by atoms with E-state index in [1.165, 1.54) is 5.56 Å². The average molecular weight is 403 g/mol. The summed E-state index contributed by atoms with van der Waals surface area (Å²) >= 11 is 0. The van der Waals surface area contributed by atoms with E-state index in [4.69, 9.17) is 4.74 Å². The highest BCUT2D eigenvalue weighted by Gasteiger charge is 2.25. The number of fused-ring (bicyclic) bond motifs is 1. The van der Waals surface area contributed by atoms with Crippen LogP contribution < -0.4 is 9.46 Å². The number of sulfonamides is 1. The molecule has 0 amide bonds. The molecular formula is C22H30N2O3S. The lowest BCUT2D eigenvalue weighted by atomic mass is 10.0. The molecular weight excluding hydrogens is 372 g/mol. The van der Waals surface area contributed by atoms with Crippen molar-refractivity contribution in [1.29, 1.82) is 0 Å². The molecule has 0 spiro atoms. The monoisotopic (exact) mass is 402 g/mol. The van der Waals surface area contributed by atoms with Gasteiger partial charge in [-0.2, -0.15) is 0 Å². The van der Waals surface area contributed by atoms with Gasteiger partial charge in [0.15, 0.2) is 0 Å². The van der Waals surface area contributed by atoms with Crippen LogP contribution in [0.5, 0.6) is 5.75 Å². The summed E-state index contributed by atoms with van der Waals surface area (Å²) in [4.78, 5) is 2.45. The van der Waals surface area contributed by atoms with Crippen LogP contribution >= 0.6 is 0 Å². The third kappa shape index (κ3) is 3.95. The first-order valence-corrected chi connectivity index (χ1v) is 11.1. The number of aryl methyl sites for hydroxylation is 2. The molecule has 0 aliphatic carbocycles. The van der Waals surface area contributed by atoms with Crippen LogP contribution in [0.3, 0.4) is 0 Å². The summed E-state index contributed by atoms with van der Waals surface area (Å²) < 4.78 is 34.8. The predicted molar refractivity (Wildman–Crippen MR) is 113 cm³/mol. The fourth-order valence-corrected chi connectivity index (χ4v) is 5.51. The van der Waals surface area contributed by atoms with Crippen LogP contribution in [0.15, 0.2) is 29.2 Å². The van der Waals surface area contributed by atoms with Gasteiger partial charge < -0.3 is 9.64 Å². The Morgan fingerprint density at radius 1 is 1.07 bits per heavy atom. The maximum atomic E-state index is 13.2. The zero-order valence-electron chi connectivity index (χ0n) is 17.6. The lowest BCUT2D eigenvalue weighted by molar-refractivity contribution is 0.299. The first kappa shape index (κ1) is 20.8. The van der Waals surface area contributed by atoms with Crippen LogP contribution in [-0.2, 0) is 16.4 Å². The highest BCUT2D eigenvalue weighted by Crippen LogP contribution is 2.30. The molecule has 1 N–H and O–H groups in total. The molecule has 0 aromatic heterocycles. The SMILES string of the molecule is Cc1cc(C)c(C)c(S(=O)(=O)NCC(c2ccc3c(c2)CCO3)N(C)C)c1C. The van der Waals surface area contributed by atoms with Crippen molar-refractivity contribution in [3.8, 4) is 5.75 Å². The van der Waals surface area contributed by atoms with Crippen LogP contribution in [0.4, 0.5) is 0 Å². The van der Waals surface area contributed by atoms with Crippen LogP contribution in [0, 0.1) is 27.7 Å². The summed E-state index contributed by atoms with van der Waals surface area (Å²) in [5, 5.41) is 0. The molecule has 2 aromatic rings. The molecule has 1 unspecified atom stereocenters. The lowest BCUT2D eigenvalue weighted by Crippen LogP contribution is -2.35. The van der Waals surface area contributed by atoms with Crippen molar-refractivity contribution < 1.29 is 13.2 Å². The van der Waals surface area contributed by atoms with Crippen LogP contribution in [-0.4, -0.2) is 40.6 Å². The molecule has 1 aliphatic rings. The van der Waals surface area contributed by atoms with Crippen molar-refractivity contribution >= 4 is 10.0 Å². The van der Waals surface area contributed by atoms with E-state index in [-0.39, 0.29) is 6.04 Å². The Morgan fingerprint density at radius 2 is 1.71 bits per heavy atom. The Labute approximate surface area is 168 Å². The summed E-state index contributed by atoms with van der Waals surface area (Å²) in [6.07, 6.45) is 0.899. The summed E-state index contributed by atoms with van der Waals surface area (Å²) in [6, 6.07) is 8.12. The fraction of sp³-hybridized carbons (Fsp3) is 0.455. The van der Waals surface area contributed by atoms with Crippen LogP contribution in [0.1, 0.15) is 39.4 Å². The van der Waals surface area contributed by atoms with Gasteiger partial charge in [0.05, 0.1) is 11.5 Å². The van der Waals surface area contributed by atoms with Crippen molar-refractivity contribution in [2.75, 3.05) is 27.2 Å².